The Labute approximate surface area is 191 Å². The van der Waals surface area contributed by atoms with Gasteiger partial charge in [-0.3, -0.25) is 9.78 Å². The highest BCUT2D eigenvalue weighted by Gasteiger charge is 2.14. The Morgan fingerprint density at radius 2 is 1.94 bits per heavy atom. The quantitative estimate of drug-likeness (QED) is 0.308. The van der Waals surface area contributed by atoms with E-state index in [2.05, 4.69) is 26.7 Å². The predicted octanol–water partition coefficient (Wildman–Crippen LogP) is 3.71. The summed E-state index contributed by atoms with van der Waals surface area (Å²) in [6.07, 6.45) is 2.40. The molecule has 0 atom stereocenters. The Morgan fingerprint density at radius 3 is 2.76 bits per heavy atom. The van der Waals surface area contributed by atoms with Crippen molar-refractivity contribution in [1.82, 2.24) is 15.3 Å². The first kappa shape index (κ1) is 22.2. The predicted molar refractivity (Wildman–Crippen MR) is 129 cm³/mol. The van der Waals surface area contributed by atoms with E-state index in [-0.39, 0.29) is 5.56 Å². The zero-order chi connectivity index (χ0) is 23.2. The van der Waals surface area contributed by atoms with Crippen LogP contribution in [-0.4, -0.2) is 29.0 Å². The molecule has 0 aliphatic heterocycles. The van der Waals surface area contributed by atoms with Crippen molar-refractivity contribution >= 4 is 28.3 Å². The summed E-state index contributed by atoms with van der Waals surface area (Å²) in [5.41, 5.74) is 15.1. The molecule has 0 fully saturated rings. The molecule has 0 spiro atoms. The molecular weight excluding hydrogens is 419 g/mol. The first-order chi connectivity index (χ1) is 16.0. The van der Waals surface area contributed by atoms with Crippen molar-refractivity contribution in [2.45, 2.75) is 13.0 Å². The number of nitrogens with two attached hydrogens (primary N) is 2. The molecule has 2 heterocycles. The molecule has 6 N–H and O–H groups in total. The van der Waals surface area contributed by atoms with Crippen LogP contribution in [0.1, 0.15) is 22.3 Å². The fourth-order valence-corrected chi connectivity index (χ4v) is 3.45. The molecule has 0 unspecified atom stereocenters. The van der Waals surface area contributed by atoms with Gasteiger partial charge in [-0.25, -0.2) is 9.37 Å². The zero-order valence-electron chi connectivity index (χ0n) is 18.0. The number of hydrogen-bond acceptors (Lipinski definition) is 6. The molecule has 0 saturated heterocycles. The number of halogens is 1. The van der Waals surface area contributed by atoms with Crippen LogP contribution in [0.4, 0.5) is 15.9 Å². The number of nitrogens with zero attached hydrogens (tertiary/aromatic N) is 2. The Hall–Kier alpha value is -4.04. The van der Waals surface area contributed by atoms with E-state index in [0.717, 1.165) is 16.5 Å². The zero-order valence-corrected chi connectivity index (χ0v) is 18.0. The number of carbonyl (C=O) groups excluding carboxylic acids is 1. The summed E-state index contributed by atoms with van der Waals surface area (Å²) in [5.74, 6) is -0.579. The van der Waals surface area contributed by atoms with Gasteiger partial charge in [0.1, 0.15) is 11.6 Å². The van der Waals surface area contributed by atoms with Gasteiger partial charge in [-0.05, 0) is 61.0 Å². The van der Waals surface area contributed by atoms with E-state index in [1.54, 1.807) is 24.4 Å². The first-order valence-corrected chi connectivity index (χ1v) is 10.7. The second kappa shape index (κ2) is 10.1. The lowest BCUT2D eigenvalue weighted by molar-refractivity contribution is 0.0949. The molecule has 7 nitrogen and oxygen atoms in total. The summed E-state index contributed by atoms with van der Waals surface area (Å²) in [4.78, 5) is 21.0. The topological polar surface area (TPSA) is 119 Å². The minimum absolute atomic E-state index is 0.0182. The number of pyridine rings is 2. The van der Waals surface area contributed by atoms with E-state index < -0.39 is 11.7 Å². The van der Waals surface area contributed by atoms with E-state index in [1.807, 2.05) is 24.3 Å². The average molecular weight is 445 g/mol. The van der Waals surface area contributed by atoms with Crippen LogP contribution in [0, 0.1) is 5.82 Å². The largest absolute Gasteiger partial charge is 0.396 e. The molecule has 0 saturated carbocycles. The minimum atomic E-state index is -0.615. The summed E-state index contributed by atoms with van der Waals surface area (Å²) in [5, 5.41) is 6.96. The summed E-state index contributed by atoms with van der Waals surface area (Å²) in [6, 6.07) is 17.8. The van der Waals surface area contributed by atoms with Gasteiger partial charge in [0, 0.05) is 30.2 Å². The molecule has 8 heteroatoms. The Morgan fingerprint density at radius 1 is 1.06 bits per heavy atom. The monoisotopic (exact) mass is 444 g/mol. The number of rotatable bonds is 8. The third kappa shape index (κ3) is 5.24. The van der Waals surface area contributed by atoms with Crippen molar-refractivity contribution in [3.63, 3.8) is 0 Å². The third-order valence-corrected chi connectivity index (χ3v) is 5.23. The van der Waals surface area contributed by atoms with Crippen molar-refractivity contribution < 1.29 is 9.18 Å². The fourth-order valence-electron chi connectivity index (χ4n) is 3.45. The van der Waals surface area contributed by atoms with Gasteiger partial charge in [-0.2, -0.15) is 0 Å². The molecule has 33 heavy (non-hydrogen) atoms. The molecular formula is C25H25FN6O. The fraction of sp³-hybridized carbons (Fsp3) is 0.160. The number of amides is 1. The molecule has 168 valence electrons. The summed E-state index contributed by atoms with van der Waals surface area (Å²) < 4.78 is 14.6. The highest BCUT2D eigenvalue weighted by molar-refractivity contribution is 5.95. The van der Waals surface area contributed by atoms with Crippen LogP contribution < -0.4 is 22.1 Å². The molecule has 0 radical (unpaired) electrons. The molecule has 4 rings (SSSR count). The van der Waals surface area contributed by atoms with Gasteiger partial charge in [0.05, 0.1) is 22.5 Å². The lowest BCUT2D eigenvalue weighted by Crippen LogP contribution is -2.26. The smallest absolute Gasteiger partial charge is 0.254 e. The molecule has 0 bridgehead atoms. The van der Waals surface area contributed by atoms with Gasteiger partial charge in [-0.1, -0.05) is 18.2 Å². The maximum atomic E-state index is 14.6. The van der Waals surface area contributed by atoms with Crippen molar-refractivity contribution in [3.05, 3.63) is 83.8 Å². The second-order valence-corrected chi connectivity index (χ2v) is 7.61. The van der Waals surface area contributed by atoms with Crippen molar-refractivity contribution in [2.24, 2.45) is 5.73 Å². The van der Waals surface area contributed by atoms with Crippen LogP contribution in [0.3, 0.4) is 0 Å². The van der Waals surface area contributed by atoms with E-state index in [1.165, 1.54) is 12.1 Å². The minimum Gasteiger partial charge on any atom is -0.396 e. The highest BCUT2D eigenvalue weighted by atomic mass is 19.1. The molecule has 0 aliphatic carbocycles. The van der Waals surface area contributed by atoms with Crippen LogP contribution in [0.15, 0.2) is 66.9 Å². The van der Waals surface area contributed by atoms with Crippen molar-refractivity contribution in [3.8, 4) is 11.3 Å². The maximum Gasteiger partial charge on any atom is 0.254 e. The van der Waals surface area contributed by atoms with Gasteiger partial charge in [0.25, 0.3) is 5.91 Å². The number of aromatic nitrogens is 2. The molecule has 2 aromatic carbocycles. The number of hydrogen-bond donors (Lipinski definition) is 4. The summed E-state index contributed by atoms with van der Waals surface area (Å²) in [6.45, 7) is 1.37. The number of fused-ring (bicyclic) bond motifs is 1. The van der Waals surface area contributed by atoms with E-state index >= 15 is 0 Å². The first-order valence-electron chi connectivity index (χ1n) is 10.7. The normalized spacial score (nSPS) is 10.8. The average Bonchev–Trinajstić information content (AvgIpc) is 2.83. The Kier molecular flexibility index (Phi) is 6.75. The molecule has 2 aromatic heterocycles. The highest BCUT2D eigenvalue weighted by Crippen LogP contribution is 2.25. The summed E-state index contributed by atoms with van der Waals surface area (Å²) >= 11 is 0. The van der Waals surface area contributed by atoms with Gasteiger partial charge in [-0.15, -0.1) is 0 Å². The number of benzene rings is 2. The van der Waals surface area contributed by atoms with Gasteiger partial charge in [0.15, 0.2) is 0 Å². The standard InChI is InChI=1S/C25H25FN6O/c26-20-14-18(5-6-19(20)25(33)30-12-2-10-27)23-9-7-21(28)24(32-23)31-15-16-4-8-22-17(13-16)3-1-11-29-22/h1,3-9,11,13-14H,2,10,12,15,27-28H2,(H,30,33)(H,31,32). The van der Waals surface area contributed by atoms with Gasteiger partial charge >= 0.3 is 0 Å². The molecule has 4 aromatic rings. The van der Waals surface area contributed by atoms with Crippen LogP contribution in [0.25, 0.3) is 22.2 Å². The number of anilines is 2. The van der Waals surface area contributed by atoms with Gasteiger partial charge in [0.2, 0.25) is 0 Å². The Balaban J connectivity index is 1.50. The van der Waals surface area contributed by atoms with E-state index in [0.29, 0.717) is 48.8 Å². The van der Waals surface area contributed by atoms with Gasteiger partial charge < -0.3 is 22.1 Å². The van der Waals surface area contributed by atoms with Crippen LogP contribution in [0.5, 0.6) is 0 Å². The second-order valence-electron chi connectivity index (χ2n) is 7.61. The van der Waals surface area contributed by atoms with Crippen LogP contribution in [-0.2, 0) is 6.54 Å². The molecule has 1 amide bonds. The van der Waals surface area contributed by atoms with E-state index in [9.17, 15) is 9.18 Å². The number of nitrogen functional groups attached to an aromatic ring is 1. The number of carbonyl (C=O) groups is 1. The third-order valence-electron chi connectivity index (χ3n) is 5.23. The molecule has 0 aliphatic rings. The lowest BCUT2D eigenvalue weighted by Gasteiger charge is -2.12. The summed E-state index contributed by atoms with van der Waals surface area (Å²) in [7, 11) is 0. The number of nitrogens with one attached hydrogen (secondary N) is 2. The van der Waals surface area contributed by atoms with Crippen molar-refractivity contribution in [1.29, 1.82) is 0 Å². The SMILES string of the molecule is NCCCNC(=O)c1ccc(-c2ccc(N)c(NCc3ccc4ncccc4c3)n2)cc1F. The van der Waals surface area contributed by atoms with Crippen LogP contribution in [0.2, 0.25) is 0 Å². The van der Waals surface area contributed by atoms with Crippen LogP contribution >= 0.6 is 0 Å². The lowest BCUT2D eigenvalue weighted by atomic mass is 10.1. The maximum absolute atomic E-state index is 14.6. The Bertz CT molecular complexity index is 1290. The van der Waals surface area contributed by atoms with E-state index in [4.69, 9.17) is 11.5 Å². The van der Waals surface area contributed by atoms with Crippen molar-refractivity contribution in [2.75, 3.05) is 24.1 Å².